The molecule has 0 fully saturated rings. The van der Waals surface area contributed by atoms with Crippen LogP contribution in [0.3, 0.4) is 0 Å². The van der Waals surface area contributed by atoms with Crippen LogP contribution >= 0.6 is 27.5 Å². The summed E-state index contributed by atoms with van der Waals surface area (Å²) in [7, 11) is 0. The number of hydrogen-bond donors (Lipinski definition) is 1. The quantitative estimate of drug-likeness (QED) is 0.414. The summed E-state index contributed by atoms with van der Waals surface area (Å²) in [5.41, 5.74) is 1.75. The van der Waals surface area contributed by atoms with Gasteiger partial charge in [0.2, 0.25) is 0 Å². The van der Waals surface area contributed by atoms with Crippen LogP contribution < -0.4 is 0 Å². The second-order valence-corrected chi connectivity index (χ2v) is 8.39. The smallest absolute Gasteiger partial charge is 0.306 e. The van der Waals surface area contributed by atoms with E-state index in [1.807, 2.05) is 0 Å². The van der Waals surface area contributed by atoms with E-state index in [0.29, 0.717) is 27.2 Å². The van der Waals surface area contributed by atoms with E-state index >= 15 is 0 Å². The summed E-state index contributed by atoms with van der Waals surface area (Å²) in [5, 5.41) is 26.4. The van der Waals surface area contributed by atoms with Gasteiger partial charge < -0.3 is 5.11 Å². The highest BCUT2D eigenvalue weighted by atomic mass is 79.9. The first-order valence-corrected chi connectivity index (χ1v) is 10.9. The van der Waals surface area contributed by atoms with Crippen molar-refractivity contribution in [3.8, 4) is 17.2 Å². The summed E-state index contributed by atoms with van der Waals surface area (Å²) < 4.78 is 17.1. The molecule has 1 N–H and O–H groups in total. The third-order valence-corrected chi connectivity index (χ3v) is 6.40. The van der Waals surface area contributed by atoms with Crippen molar-refractivity contribution in [3.05, 3.63) is 87.0 Å². The monoisotopic (exact) mass is 526 g/mol. The molecule has 164 valence electrons. The number of benzene rings is 2. The summed E-state index contributed by atoms with van der Waals surface area (Å²) in [6, 6.07) is 12.1. The van der Waals surface area contributed by atoms with Crippen molar-refractivity contribution in [3.63, 3.8) is 0 Å². The Labute approximate surface area is 199 Å². The molecule has 1 aliphatic heterocycles. The molecular formula is C22H13BrClFN6O2. The van der Waals surface area contributed by atoms with Crippen molar-refractivity contribution in [2.45, 2.75) is 12.5 Å². The second-order valence-electron chi connectivity index (χ2n) is 7.15. The Morgan fingerprint density at radius 2 is 1.94 bits per heavy atom. The zero-order valence-electron chi connectivity index (χ0n) is 16.7. The van der Waals surface area contributed by atoms with Gasteiger partial charge in [0.1, 0.15) is 17.6 Å². The van der Waals surface area contributed by atoms with E-state index in [4.69, 9.17) is 11.6 Å². The lowest BCUT2D eigenvalue weighted by Gasteiger charge is -2.16. The van der Waals surface area contributed by atoms with E-state index in [1.165, 1.54) is 12.3 Å². The Morgan fingerprint density at radius 3 is 2.67 bits per heavy atom. The van der Waals surface area contributed by atoms with Crippen LogP contribution in [-0.4, -0.2) is 41.7 Å². The molecule has 3 heterocycles. The number of rotatable bonds is 4. The number of hydrogen-bond acceptors (Lipinski definition) is 6. The minimum atomic E-state index is -1.09. The van der Waals surface area contributed by atoms with Gasteiger partial charge in [-0.25, -0.2) is 4.39 Å². The molecule has 4 aromatic rings. The number of carboxylic acid groups (broad SMARTS) is 1. The molecule has 5 rings (SSSR count). The average molecular weight is 528 g/mol. The van der Waals surface area contributed by atoms with Crippen LogP contribution in [0.1, 0.15) is 29.4 Å². The largest absolute Gasteiger partial charge is 0.481 e. The Morgan fingerprint density at radius 1 is 1.12 bits per heavy atom. The first kappa shape index (κ1) is 21.4. The number of aromatic nitrogens is 5. The normalized spacial score (nSPS) is 14.8. The fraction of sp³-hybridized carbons (Fsp3) is 0.0909. The Bertz CT molecular complexity index is 1430. The van der Waals surface area contributed by atoms with Gasteiger partial charge in [-0.15, -0.1) is 15.3 Å². The van der Waals surface area contributed by atoms with E-state index in [-0.39, 0.29) is 28.5 Å². The Balaban J connectivity index is 1.88. The molecular weight excluding hydrogens is 515 g/mol. The molecule has 0 spiro atoms. The van der Waals surface area contributed by atoms with Gasteiger partial charge in [-0.3, -0.25) is 14.4 Å². The van der Waals surface area contributed by atoms with Crippen molar-refractivity contribution < 1.29 is 14.3 Å². The summed E-state index contributed by atoms with van der Waals surface area (Å²) in [4.78, 5) is 16.4. The van der Waals surface area contributed by atoms with Gasteiger partial charge in [0.05, 0.1) is 22.8 Å². The van der Waals surface area contributed by atoms with Gasteiger partial charge in [-0.05, 0) is 52.3 Å². The molecule has 1 unspecified atom stereocenters. The molecule has 0 aliphatic carbocycles. The van der Waals surface area contributed by atoms with Crippen LogP contribution in [0.4, 0.5) is 4.39 Å². The lowest BCUT2D eigenvalue weighted by Crippen LogP contribution is -2.11. The lowest BCUT2D eigenvalue weighted by atomic mass is 9.99. The van der Waals surface area contributed by atoms with E-state index in [1.54, 1.807) is 47.0 Å². The van der Waals surface area contributed by atoms with Crippen molar-refractivity contribution >= 4 is 39.2 Å². The SMILES string of the molecule is O=C(O)CC1N=C(c2ccccc2F)c2c(ccc(Br)c2Cl)-n2c(-c3cccnn3)nnc21. The highest BCUT2D eigenvalue weighted by Gasteiger charge is 2.33. The van der Waals surface area contributed by atoms with Gasteiger partial charge in [0.25, 0.3) is 0 Å². The van der Waals surface area contributed by atoms with Crippen LogP contribution in [0.2, 0.25) is 5.02 Å². The predicted octanol–water partition coefficient (Wildman–Crippen LogP) is 4.65. The van der Waals surface area contributed by atoms with Crippen LogP contribution in [0.15, 0.2) is 64.2 Å². The third kappa shape index (κ3) is 3.70. The molecule has 11 heteroatoms. The van der Waals surface area contributed by atoms with Gasteiger partial charge in [-0.1, -0.05) is 23.7 Å². The van der Waals surface area contributed by atoms with Crippen LogP contribution in [0, 0.1) is 5.82 Å². The second kappa shape index (κ2) is 8.45. The van der Waals surface area contributed by atoms with E-state index in [0.717, 1.165) is 0 Å². The molecule has 2 aromatic heterocycles. The Hall–Kier alpha value is -3.50. The molecule has 2 aromatic carbocycles. The zero-order valence-corrected chi connectivity index (χ0v) is 19.0. The maximum absolute atomic E-state index is 14.9. The van der Waals surface area contributed by atoms with Crippen LogP contribution in [0.25, 0.3) is 17.2 Å². The average Bonchev–Trinajstić information content (AvgIpc) is 3.19. The van der Waals surface area contributed by atoms with Crippen LogP contribution in [0.5, 0.6) is 0 Å². The maximum Gasteiger partial charge on any atom is 0.306 e. The number of halogens is 3. The molecule has 0 saturated heterocycles. The number of nitrogens with zero attached hydrogens (tertiary/aromatic N) is 6. The number of aliphatic carboxylic acids is 1. The third-order valence-electron chi connectivity index (χ3n) is 5.12. The molecule has 1 aliphatic rings. The molecule has 0 bridgehead atoms. The molecule has 1 atom stereocenters. The van der Waals surface area contributed by atoms with Crippen molar-refractivity contribution in [2.75, 3.05) is 0 Å². The summed E-state index contributed by atoms with van der Waals surface area (Å²) in [6.45, 7) is 0. The number of carbonyl (C=O) groups is 1. The summed E-state index contributed by atoms with van der Waals surface area (Å²) >= 11 is 10.1. The fourth-order valence-corrected chi connectivity index (χ4v) is 4.31. The van der Waals surface area contributed by atoms with Crippen molar-refractivity contribution in [1.29, 1.82) is 0 Å². The summed E-state index contributed by atoms with van der Waals surface area (Å²) in [6.07, 6.45) is 1.14. The molecule has 0 radical (unpaired) electrons. The highest BCUT2D eigenvalue weighted by molar-refractivity contribution is 9.10. The van der Waals surface area contributed by atoms with Gasteiger partial charge in [0, 0.05) is 21.8 Å². The van der Waals surface area contributed by atoms with Gasteiger partial charge >= 0.3 is 5.97 Å². The standard InChI is InChI=1S/C22H13BrClFN6O2/c23-12-7-8-16-18(19(12)24)20(11-4-1-2-5-13(11)25)27-15(10-17(32)33)22-30-29-21(31(16)22)14-6-3-9-26-28-14/h1-9,15H,10H2,(H,32,33). The van der Waals surface area contributed by atoms with Crippen molar-refractivity contribution in [1.82, 2.24) is 25.0 Å². The first-order chi connectivity index (χ1) is 16.0. The number of aliphatic imine (C=N–C) groups is 1. The minimum absolute atomic E-state index is 0.189. The fourth-order valence-electron chi connectivity index (χ4n) is 3.73. The Kier molecular flexibility index (Phi) is 5.47. The topological polar surface area (TPSA) is 106 Å². The lowest BCUT2D eigenvalue weighted by molar-refractivity contribution is -0.137. The van der Waals surface area contributed by atoms with E-state index in [2.05, 4.69) is 41.3 Å². The van der Waals surface area contributed by atoms with Crippen molar-refractivity contribution in [2.24, 2.45) is 4.99 Å². The highest BCUT2D eigenvalue weighted by Crippen LogP contribution is 2.40. The molecule has 8 nitrogen and oxygen atoms in total. The van der Waals surface area contributed by atoms with Gasteiger partial charge in [0.15, 0.2) is 11.6 Å². The number of carboxylic acids is 1. The number of fused-ring (bicyclic) bond motifs is 3. The first-order valence-electron chi connectivity index (χ1n) is 9.72. The molecule has 33 heavy (non-hydrogen) atoms. The van der Waals surface area contributed by atoms with E-state index < -0.39 is 17.8 Å². The minimum Gasteiger partial charge on any atom is -0.481 e. The predicted molar refractivity (Wildman–Crippen MR) is 122 cm³/mol. The van der Waals surface area contributed by atoms with Crippen LogP contribution in [-0.2, 0) is 4.79 Å². The summed E-state index contributed by atoms with van der Waals surface area (Å²) in [5.74, 6) is -1.01. The molecule has 0 amide bonds. The van der Waals surface area contributed by atoms with E-state index in [9.17, 15) is 14.3 Å². The zero-order chi connectivity index (χ0) is 23.1. The maximum atomic E-state index is 14.9. The van der Waals surface area contributed by atoms with Gasteiger partial charge in [-0.2, -0.15) is 5.10 Å². The molecule has 0 saturated carbocycles.